The van der Waals surface area contributed by atoms with Crippen LogP contribution in [-0.4, -0.2) is 5.78 Å². The van der Waals surface area contributed by atoms with Crippen LogP contribution in [0.25, 0.3) is 0 Å². The topological polar surface area (TPSA) is 17.1 Å². The number of hydrogen-bond donors (Lipinski definition) is 0. The molecule has 0 saturated heterocycles. The standard InChI is InChI=1S/C14H26O/c1-10(2)9-14(15)13(11(3)4)8-7-12-5-6-12/h10-13H,5-9H2,1-4H3. The van der Waals surface area contributed by atoms with Crippen LogP contribution in [0.3, 0.4) is 0 Å². The Hall–Kier alpha value is -0.330. The summed E-state index contributed by atoms with van der Waals surface area (Å²) in [6, 6.07) is 0. The third-order valence-corrected chi connectivity index (χ3v) is 3.41. The molecule has 0 N–H and O–H groups in total. The van der Waals surface area contributed by atoms with E-state index in [1.807, 2.05) is 0 Å². The van der Waals surface area contributed by atoms with Crippen LogP contribution in [0.1, 0.15) is 59.8 Å². The molecule has 0 aromatic rings. The van der Waals surface area contributed by atoms with E-state index in [1.54, 1.807) is 0 Å². The lowest BCUT2D eigenvalue weighted by Gasteiger charge is -2.20. The Kier molecular flexibility index (Phi) is 4.82. The van der Waals surface area contributed by atoms with E-state index >= 15 is 0 Å². The van der Waals surface area contributed by atoms with Gasteiger partial charge in [-0.1, -0.05) is 40.5 Å². The van der Waals surface area contributed by atoms with E-state index in [2.05, 4.69) is 27.7 Å². The second-order valence-corrected chi connectivity index (χ2v) is 5.94. The van der Waals surface area contributed by atoms with Crippen molar-refractivity contribution in [2.24, 2.45) is 23.7 Å². The van der Waals surface area contributed by atoms with Gasteiger partial charge in [0.15, 0.2) is 0 Å². The number of ketones is 1. The molecule has 88 valence electrons. The molecule has 0 aromatic heterocycles. The average molecular weight is 210 g/mol. The SMILES string of the molecule is CC(C)CC(=O)C(CCC1CC1)C(C)C. The molecule has 0 heterocycles. The zero-order chi connectivity index (χ0) is 11.4. The minimum absolute atomic E-state index is 0.327. The summed E-state index contributed by atoms with van der Waals surface area (Å²) in [5, 5.41) is 0. The van der Waals surface area contributed by atoms with E-state index in [4.69, 9.17) is 0 Å². The molecule has 1 fully saturated rings. The Morgan fingerprint density at radius 3 is 2.20 bits per heavy atom. The summed E-state index contributed by atoms with van der Waals surface area (Å²) < 4.78 is 0. The number of carbonyl (C=O) groups is 1. The van der Waals surface area contributed by atoms with Crippen LogP contribution in [0, 0.1) is 23.7 Å². The van der Waals surface area contributed by atoms with Gasteiger partial charge in [0.1, 0.15) is 5.78 Å². The lowest BCUT2D eigenvalue weighted by molar-refractivity contribution is -0.125. The zero-order valence-electron chi connectivity index (χ0n) is 10.8. The molecule has 0 spiro atoms. The van der Waals surface area contributed by atoms with Gasteiger partial charge in [-0.15, -0.1) is 0 Å². The third-order valence-electron chi connectivity index (χ3n) is 3.41. The third kappa shape index (κ3) is 4.81. The molecule has 0 radical (unpaired) electrons. The Morgan fingerprint density at radius 2 is 1.80 bits per heavy atom. The lowest BCUT2D eigenvalue weighted by atomic mass is 9.83. The zero-order valence-corrected chi connectivity index (χ0v) is 10.8. The molecular weight excluding hydrogens is 184 g/mol. The molecule has 1 rings (SSSR count). The van der Waals surface area contributed by atoms with Crippen molar-refractivity contribution in [2.75, 3.05) is 0 Å². The van der Waals surface area contributed by atoms with Gasteiger partial charge in [0, 0.05) is 12.3 Å². The molecule has 0 aliphatic heterocycles. The van der Waals surface area contributed by atoms with Crippen molar-refractivity contribution in [3.63, 3.8) is 0 Å². The summed E-state index contributed by atoms with van der Waals surface area (Å²) in [5.74, 6) is 2.82. The Bertz CT molecular complexity index is 201. The van der Waals surface area contributed by atoms with Gasteiger partial charge >= 0.3 is 0 Å². The van der Waals surface area contributed by atoms with Gasteiger partial charge in [0.2, 0.25) is 0 Å². The monoisotopic (exact) mass is 210 g/mol. The van der Waals surface area contributed by atoms with E-state index in [-0.39, 0.29) is 0 Å². The van der Waals surface area contributed by atoms with Gasteiger partial charge in [-0.2, -0.15) is 0 Å². The van der Waals surface area contributed by atoms with Gasteiger partial charge in [-0.3, -0.25) is 4.79 Å². The summed E-state index contributed by atoms with van der Waals surface area (Å²) in [7, 11) is 0. The molecule has 1 nitrogen and oxygen atoms in total. The summed E-state index contributed by atoms with van der Waals surface area (Å²) in [6.45, 7) is 8.65. The second kappa shape index (κ2) is 5.67. The number of rotatable bonds is 7. The fraction of sp³-hybridized carbons (Fsp3) is 0.929. The number of hydrogen-bond acceptors (Lipinski definition) is 1. The van der Waals surface area contributed by atoms with Gasteiger partial charge in [-0.25, -0.2) is 0 Å². The van der Waals surface area contributed by atoms with E-state index in [9.17, 15) is 4.79 Å². The molecule has 0 aromatic carbocycles. The average Bonchev–Trinajstić information content (AvgIpc) is 2.85. The maximum atomic E-state index is 12.0. The van der Waals surface area contributed by atoms with E-state index in [0.717, 1.165) is 18.8 Å². The van der Waals surface area contributed by atoms with Crippen molar-refractivity contribution < 1.29 is 4.79 Å². The van der Waals surface area contributed by atoms with Gasteiger partial charge in [-0.05, 0) is 30.6 Å². The molecule has 15 heavy (non-hydrogen) atoms. The maximum Gasteiger partial charge on any atom is 0.136 e. The summed E-state index contributed by atoms with van der Waals surface area (Å²) in [5.41, 5.74) is 0. The molecule has 1 atom stereocenters. The first-order valence-corrected chi connectivity index (χ1v) is 6.53. The number of Topliss-reactive ketones (excluding diaryl/α,β-unsaturated/α-hetero) is 1. The van der Waals surface area contributed by atoms with Crippen molar-refractivity contribution in [3.8, 4) is 0 Å². The van der Waals surface area contributed by atoms with Crippen LogP contribution < -0.4 is 0 Å². The molecule has 1 aliphatic carbocycles. The van der Waals surface area contributed by atoms with Crippen LogP contribution in [0.4, 0.5) is 0 Å². The molecule has 0 bridgehead atoms. The van der Waals surface area contributed by atoms with Crippen molar-refractivity contribution in [3.05, 3.63) is 0 Å². The van der Waals surface area contributed by atoms with Crippen LogP contribution in [-0.2, 0) is 4.79 Å². The highest BCUT2D eigenvalue weighted by Gasteiger charge is 2.27. The Labute approximate surface area is 94.6 Å². The normalized spacial score (nSPS) is 18.5. The molecule has 1 saturated carbocycles. The fourth-order valence-electron chi connectivity index (χ4n) is 2.24. The minimum Gasteiger partial charge on any atom is -0.299 e. The maximum absolute atomic E-state index is 12.0. The highest BCUT2D eigenvalue weighted by atomic mass is 16.1. The van der Waals surface area contributed by atoms with Crippen LogP contribution in [0.15, 0.2) is 0 Å². The van der Waals surface area contributed by atoms with E-state index < -0.39 is 0 Å². The predicted octanol–water partition coefficient (Wildman–Crippen LogP) is 4.06. The fourth-order valence-corrected chi connectivity index (χ4v) is 2.24. The molecule has 1 unspecified atom stereocenters. The van der Waals surface area contributed by atoms with Gasteiger partial charge in [0.05, 0.1) is 0 Å². The van der Waals surface area contributed by atoms with Crippen molar-refractivity contribution in [2.45, 2.75) is 59.8 Å². The second-order valence-electron chi connectivity index (χ2n) is 5.94. The van der Waals surface area contributed by atoms with E-state index in [0.29, 0.717) is 23.5 Å². The van der Waals surface area contributed by atoms with Crippen molar-refractivity contribution in [1.29, 1.82) is 0 Å². The summed E-state index contributed by atoms with van der Waals surface area (Å²) in [6.07, 6.45) is 6.00. The van der Waals surface area contributed by atoms with E-state index in [1.165, 1.54) is 19.3 Å². The van der Waals surface area contributed by atoms with Gasteiger partial charge in [0.25, 0.3) is 0 Å². The Morgan fingerprint density at radius 1 is 1.20 bits per heavy atom. The van der Waals surface area contributed by atoms with Crippen LogP contribution in [0.2, 0.25) is 0 Å². The summed E-state index contributed by atoms with van der Waals surface area (Å²) in [4.78, 5) is 12.0. The van der Waals surface area contributed by atoms with Gasteiger partial charge < -0.3 is 0 Å². The van der Waals surface area contributed by atoms with Crippen molar-refractivity contribution in [1.82, 2.24) is 0 Å². The largest absolute Gasteiger partial charge is 0.299 e. The molecule has 1 heteroatoms. The lowest BCUT2D eigenvalue weighted by Crippen LogP contribution is -2.21. The minimum atomic E-state index is 0.327. The molecule has 0 amide bonds. The molecular formula is C14H26O. The highest BCUT2D eigenvalue weighted by Crippen LogP contribution is 2.36. The Balaban J connectivity index is 2.36. The highest BCUT2D eigenvalue weighted by molar-refractivity contribution is 5.81. The smallest absolute Gasteiger partial charge is 0.136 e. The first-order chi connectivity index (χ1) is 7.00. The quantitative estimate of drug-likeness (QED) is 0.619. The first-order valence-electron chi connectivity index (χ1n) is 6.53. The number of carbonyl (C=O) groups excluding carboxylic acids is 1. The first kappa shape index (κ1) is 12.7. The molecule has 1 aliphatic rings. The van der Waals surface area contributed by atoms with Crippen LogP contribution >= 0.6 is 0 Å². The predicted molar refractivity (Wildman–Crippen MR) is 64.7 cm³/mol. The summed E-state index contributed by atoms with van der Waals surface area (Å²) >= 11 is 0. The van der Waals surface area contributed by atoms with Crippen LogP contribution in [0.5, 0.6) is 0 Å². The van der Waals surface area contributed by atoms with Crippen molar-refractivity contribution >= 4 is 5.78 Å².